The molecule has 2 aromatic carbocycles. The molecule has 0 bridgehead atoms. The van der Waals surface area contributed by atoms with Gasteiger partial charge in [-0.15, -0.1) is 0 Å². The molecular weight excluding hydrogens is 278 g/mol. The van der Waals surface area contributed by atoms with Gasteiger partial charge in [-0.05, 0) is 36.8 Å². The number of nitrogens with two attached hydrogens (primary N) is 1. The molecule has 1 heterocycles. The van der Waals surface area contributed by atoms with Crippen molar-refractivity contribution in [3.05, 3.63) is 58.7 Å². The molecule has 0 radical (unpaired) electrons. The van der Waals surface area contributed by atoms with E-state index in [4.69, 9.17) is 5.73 Å². The number of nitrogen functional groups attached to an aromatic ring is 1. The number of halogens is 2. The third-order valence-electron chi connectivity index (χ3n) is 3.39. The summed E-state index contributed by atoms with van der Waals surface area (Å²) >= 11 is 0. The van der Waals surface area contributed by atoms with Crippen molar-refractivity contribution in [2.75, 3.05) is 10.6 Å². The van der Waals surface area contributed by atoms with Crippen LogP contribution in [0.3, 0.4) is 0 Å². The Morgan fingerprint density at radius 1 is 1.00 bits per heavy atom. The molecule has 6 heteroatoms. The van der Waals surface area contributed by atoms with Gasteiger partial charge in [-0.3, -0.25) is 9.59 Å². The molecule has 0 spiro atoms. The quantitative estimate of drug-likeness (QED) is 0.648. The first-order chi connectivity index (χ1) is 9.91. The summed E-state index contributed by atoms with van der Waals surface area (Å²) in [6.07, 6.45) is 0. The van der Waals surface area contributed by atoms with Gasteiger partial charge in [-0.25, -0.2) is 13.7 Å². The largest absolute Gasteiger partial charge is 0.399 e. The fourth-order valence-corrected chi connectivity index (χ4v) is 2.31. The summed E-state index contributed by atoms with van der Waals surface area (Å²) in [4.78, 5) is 25.1. The molecule has 1 aliphatic rings. The predicted molar refractivity (Wildman–Crippen MR) is 73.1 cm³/mol. The van der Waals surface area contributed by atoms with Crippen molar-refractivity contribution in [3.8, 4) is 0 Å². The minimum absolute atomic E-state index is 0.0420. The Morgan fingerprint density at radius 3 is 2.38 bits per heavy atom. The number of hydrogen-bond donors (Lipinski definition) is 1. The fraction of sp³-hybridized carbons (Fsp3) is 0.0667. The average Bonchev–Trinajstić information content (AvgIpc) is 2.68. The lowest BCUT2D eigenvalue weighted by atomic mass is 10.1. The van der Waals surface area contributed by atoms with Crippen LogP contribution in [0.1, 0.15) is 26.3 Å². The summed E-state index contributed by atoms with van der Waals surface area (Å²) < 4.78 is 28.1. The first kappa shape index (κ1) is 13.2. The Bertz CT molecular complexity index is 803. The summed E-state index contributed by atoms with van der Waals surface area (Å²) in [5, 5.41) is 0. The second-order valence-corrected chi connectivity index (χ2v) is 4.78. The zero-order chi connectivity index (χ0) is 15.3. The molecule has 0 aliphatic carbocycles. The van der Waals surface area contributed by atoms with Gasteiger partial charge < -0.3 is 5.73 Å². The number of aryl methyl sites for hydroxylation is 1. The molecule has 0 aromatic heterocycles. The number of rotatable bonds is 1. The molecule has 2 amide bonds. The van der Waals surface area contributed by atoms with Crippen molar-refractivity contribution < 1.29 is 18.4 Å². The molecule has 3 rings (SSSR count). The van der Waals surface area contributed by atoms with Crippen LogP contribution in [-0.2, 0) is 0 Å². The molecule has 0 unspecified atom stereocenters. The highest BCUT2D eigenvalue weighted by atomic mass is 19.1. The van der Waals surface area contributed by atoms with Gasteiger partial charge in [0.15, 0.2) is 5.82 Å². The van der Waals surface area contributed by atoms with Crippen LogP contribution >= 0.6 is 0 Å². The van der Waals surface area contributed by atoms with E-state index in [0.29, 0.717) is 10.6 Å². The van der Waals surface area contributed by atoms with Crippen molar-refractivity contribution in [1.29, 1.82) is 0 Å². The third-order valence-corrected chi connectivity index (χ3v) is 3.39. The van der Waals surface area contributed by atoms with Crippen LogP contribution in [0.2, 0.25) is 0 Å². The van der Waals surface area contributed by atoms with Crippen LogP contribution in [-0.4, -0.2) is 11.8 Å². The first-order valence-electron chi connectivity index (χ1n) is 6.14. The second kappa shape index (κ2) is 4.37. The molecule has 0 atom stereocenters. The SMILES string of the molecule is Cc1ccc(F)c(N2C(=O)c3ccc(N)cc3C2=O)c1F. The second-order valence-electron chi connectivity index (χ2n) is 4.78. The van der Waals surface area contributed by atoms with E-state index < -0.39 is 29.1 Å². The topological polar surface area (TPSA) is 63.4 Å². The van der Waals surface area contributed by atoms with Crippen molar-refractivity contribution in [2.45, 2.75) is 6.92 Å². The molecule has 1 aliphatic heterocycles. The molecule has 21 heavy (non-hydrogen) atoms. The molecule has 2 aromatic rings. The van der Waals surface area contributed by atoms with Crippen LogP contribution in [0.4, 0.5) is 20.2 Å². The number of fused-ring (bicyclic) bond motifs is 1. The Labute approximate surface area is 118 Å². The average molecular weight is 288 g/mol. The molecule has 0 saturated heterocycles. The van der Waals surface area contributed by atoms with Crippen molar-refractivity contribution >= 4 is 23.2 Å². The van der Waals surface area contributed by atoms with Crippen LogP contribution in [0.5, 0.6) is 0 Å². The zero-order valence-electron chi connectivity index (χ0n) is 11.0. The molecule has 0 fully saturated rings. The predicted octanol–water partition coefficient (Wildman–Crippen LogP) is 2.66. The number of hydrogen-bond acceptors (Lipinski definition) is 3. The maximum absolute atomic E-state index is 14.2. The molecule has 4 nitrogen and oxygen atoms in total. The Kier molecular flexibility index (Phi) is 2.76. The Hall–Kier alpha value is -2.76. The number of imide groups is 1. The summed E-state index contributed by atoms with van der Waals surface area (Å²) in [6.45, 7) is 1.43. The highest BCUT2D eigenvalue weighted by Gasteiger charge is 2.39. The normalized spacial score (nSPS) is 13.8. The Balaban J connectivity index is 2.21. The van der Waals surface area contributed by atoms with E-state index in [-0.39, 0.29) is 16.7 Å². The third kappa shape index (κ3) is 1.79. The lowest BCUT2D eigenvalue weighted by Crippen LogP contribution is -2.31. The number of nitrogens with zero attached hydrogens (tertiary/aromatic N) is 1. The van der Waals surface area contributed by atoms with Crippen molar-refractivity contribution in [1.82, 2.24) is 0 Å². The minimum Gasteiger partial charge on any atom is -0.399 e. The van der Waals surface area contributed by atoms with E-state index in [1.807, 2.05) is 0 Å². The summed E-state index contributed by atoms with van der Waals surface area (Å²) in [5.74, 6) is -3.46. The van der Waals surface area contributed by atoms with Crippen LogP contribution in [0, 0.1) is 18.6 Å². The van der Waals surface area contributed by atoms with E-state index in [1.54, 1.807) is 0 Å². The smallest absolute Gasteiger partial charge is 0.266 e. The zero-order valence-corrected chi connectivity index (χ0v) is 11.0. The van der Waals surface area contributed by atoms with E-state index in [1.165, 1.54) is 31.2 Å². The molecule has 0 saturated carbocycles. The van der Waals surface area contributed by atoms with Gasteiger partial charge in [0.2, 0.25) is 0 Å². The van der Waals surface area contributed by atoms with Crippen molar-refractivity contribution in [2.24, 2.45) is 0 Å². The van der Waals surface area contributed by atoms with Gasteiger partial charge in [0.05, 0.1) is 11.1 Å². The van der Waals surface area contributed by atoms with E-state index >= 15 is 0 Å². The maximum Gasteiger partial charge on any atom is 0.266 e. The van der Waals surface area contributed by atoms with E-state index in [0.717, 1.165) is 6.07 Å². The van der Waals surface area contributed by atoms with Gasteiger partial charge in [0, 0.05) is 5.69 Å². The number of benzene rings is 2. The highest BCUT2D eigenvalue weighted by Crippen LogP contribution is 2.33. The van der Waals surface area contributed by atoms with E-state index in [9.17, 15) is 18.4 Å². The molecule has 106 valence electrons. The van der Waals surface area contributed by atoms with Gasteiger partial charge in [-0.1, -0.05) is 6.07 Å². The monoisotopic (exact) mass is 288 g/mol. The molecule has 2 N–H and O–H groups in total. The van der Waals surface area contributed by atoms with E-state index in [2.05, 4.69) is 0 Å². The van der Waals surface area contributed by atoms with Crippen LogP contribution < -0.4 is 10.6 Å². The first-order valence-corrected chi connectivity index (χ1v) is 6.14. The maximum atomic E-state index is 14.2. The minimum atomic E-state index is -0.972. The summed E-state index contributed by atoms with van der Waals surface area (Å²) in [5.41, 5.74) is 5.48. The van der Waals surface area contributed by atoms with Gasteiger partial charge >= 0.3 is 0 Å². The van der Waals surface area contributed by atoms with Gasteiger partial charge in [0.1, 0.15) is 11.5 Å². The van der Waals surface area contributed by atoms with Gasteiger partial charge in [-0.2, -0.15) is 0 Å². The lowest BCUT2D eigenvalue weighted by Gasteiger charge is -2.16. The number of carbonyl (C=O) groups is 2. The summed E-state index contributed by atoms with van der Waals surface area (Å²) in [6, 6.07) is 6.41. The fourth-order valence-electron chi connectivity index (χ4n) is 2.31. The van der Waals surface area contributed by atoms with Gasteiger partial charge in [0.25, 0.3) is 11.8 Å². The number of amides is 2. The highest BCUT2D eigenvalue weighted by molar-refractivity contribution is 6.34. The summed E-state index contributed by atoms with van der Waals surface area (Å²) in [7, 11) is 0. The number of anilines is 2. The number of carbonyl (C=O) groups excluding carboxylic acids is 2. The standard InChI is InChI=1S/C15H10F2N2O2/c1-7-2-5-11(16)13(12(7)17)19-14(20)9-4-3-8(18)6-10(9)15(19)21/h2-6H,18H2,1H3. The van der Waals surface area contributed by atoms with Crippen LogP contribution in [0.25, 0.3) is 0 Å². The lowest BCUT2D eigenvalue weighted by molar-refractivity contribution is 0.0923. The molecular formula is C15H10F2N2O2. The Morgan fingerprint density at radius 2 is 1.67 bits per heavy atom. The van der Waals surface area contributed by atoms with Crippen LogP contribution in [0.15, 0.2) is 30.3 Å². The van der Waals surface area contributed by atoms with Crippen molar-refractivity contribution in [3.63, 3.8) is 0 Å².